The smallest absolute Gasteiger partial charge is 0.297 e. The van der Waals surface area contributed by atoms with Crippen molar-refractivity contribution in [2.75, 3.05) is 26.9 Å². The lowest BCUT2D eigenvalue weighted by Crippen LogP contribution is -2.11. The van der Waals surface area contributed by atoms with Crippen LogP contribution in [0.25, 0.3) is 0 Å². The quantitative estimate of drug-likeness (QED) is 0.305. The molecule has 0 saturated heterocycles. The Hall–Kier alpha value is -0.820. The minimum atomic E-state index is -3.75. The van der Waals surface area contributed by atoms with Crippen molar-refractivity contribution >= 4 is 32.7 Å². The van der Waals surface area contributed by atoms with E-state index in [0.29, 0.717) is 5.75 Å². The zero-order chi connectivity index (χ0) is 14.1. The first-order chi connectivity index (χ1) is 9.10. The van der Waals surface area contributed by atoms with E-state index in [1.165, 1.54) is 19.2 Å². The van der Waals surface area contributed by atoms with Gasteiger partial charge in [0, 0.05) is 22.6 Å². The van der Waals surface area contributed by atoms with Crippen LogP contribution in [0, 0.1) is 9.85 Å². The van der Waals surface area contributed by atoms with Crippen LogP contribution < -0.4 is 4.74 Å². The molecule has 0 N–H and O–H groups in total. The molecule has 1 rings (SSSR count). The molecule has 1 aromatic carbocycles. The lowest BCUT2D eigenvalue weighted by Gasteiger charge is -2.06. The van der Waals surface area contributed by atoms with Gasteiger partial charge >= 0.3 is 0 Å². The lowest BCUT2D eigenvalue weighted by atomic mass is 10.3. The van der Waals surface area contributed by atoms with E-state index in [2.05, 4.69) is 9.85 Å². The molecule has 0 unspecified atom stereocenters. The molecule has 0 heterocycles. The van der Waals surface area contributed by atoms with Gasteiger partial charge in [-0.2, -0.15) is 8.42 Å². The monoisotopic (exact) mass is 396 g/mol. The number of hydrogen-bond donors (Lipinski definition) is 0. The number of rotatable bonds is 7. The number of methoxy groups -OCH3 is 1. The lowest BCUT2D eigenvalue weighted by molar-refractivity contribution is 0.127. The van der Waals surface area contributed by atoms with Crippen molar-refractivity contribution in [1.82, 2.24) is 0 Å². The molecule has 0 aliphatic heterocycles. The fourth-order valence-electron chi connectivity index (χ4n) is 1.16. The van der Waals surface area contributed by atoms with Gasteiger partial charge in [-0.25, -0.2) is 0 Å². The Labute approximate surface area is 126 Å². The zero-order valence-corrected chi connectivity index (χ0v) is 13.2. The molecule has 0 aromatic heterocycles. The summed E-state index contributed by atoms with van der Waals surface area (Å²) in [5.74, 6) is 3.27. The fourth-order valence-corrected chi connectivity index (χ4v) is 2.21. The predicted octanol–water partition coefficient (Wildman–Crippen LogP) is 1.81. The van der Waals surface area contributed by atoms with Gasteiger partial charge < -0.3 is 9.47 Å². The molecule has 7 heteroatoms. The van der Waals surface area contributed by atoms with Crippen molar-refractivity contribution in [1.29, 1.82) is 0 Å². The fraction of sp³-hybridized carbons (Fsp3) is 0.333. The molecule has 0 spiro atoms. The van der Waals surface area contributed by atoms with Crippen LogP contribution in [0.5, 0.6) is 5.75 Å². The largest absolute Gasteiger partial charge is 0.497 e. The summed E-state index contributed by atoms with van der Waals surface area (Å²) in [6.07, 6.45) is 0. The van der Waals surface area contributed by atoms with Crippen molar-refractivity contribution in [3.05, 3.63) is 24.3 Å². The van der Waals surface area contributed by atoms with E-state index in [0.717, 1.165) is 0 Å². The van der Waals surface area contributed by atoms with Crippen LogP contribution in [0.3, 0.4) is 0 Å². The Morgan fingerprint density at radius 2 is 1.89 bits per heavy atom. The third-order valence-corrected chi connectivity index (χ3v) is 3.76. The maximum absolute atomic E-state index is 11.8. The molecule has 0 amide bonds. The van der Waals surface area contributed by atoms with Crippen molar-refractivity contribution in [2.24, 2.45) is 0 Å². The van der Waals surface area contributed by atoms with E-state index >= 15 is 0 Å². The number of benzene rings is 1. The van der Waals surface area contributed by atoms with E-state index in [-0.39, 0.29) is 24.7 Å². The normalized spacial score (nSPS) is 10.6. The second-order valence-corrected chi connectivity index (χ2v) is 5.43. The van der Waals surface area contributed by atoms with Crippen LogP contribution >= 0.6 is 22.6 Å². The van der Waals surface area contributed by atoms with Gasteiger partial charge in [0.15, 0.2) is 0 Å². The highest BCUT2D eigenvalue weighted by molar-refractivity contribution is 14.1. The Kier molecular flexibility index (Phi) is 7.15. The topological polar surface area (TPSA) is 61.8 Å². The highest BCUT2D eigenvalue weighted by Crippen LogP contribution is 2.17. The molecule has 0 atom stereocenters. The maximum Gasteiger partial charge on any atom is 0.297 e. The Bertz CT molecular complexity index is 542. The Balaban J connectivity index is 2.47. The van der Waals surface area contributed by atoms with Gasteiger partial charge in [0.25, 0.3) is 10.1 Å². The van der Waals surface area contributed by atoms with E-state index in [1.807, 2.05) is 22.6 Å². The minimum absolute atomic E-state index is 0.0444. The van der Waals surface area contributed by atoms with Crippen molar-refractivity contribution in [3.8, 4) is 15.6 Å². The highest BCUT2D eigenvalue weighted by atomic mass is 127. The second-order valence-electron chi connectivity index (χ2n) is 3.28. The summed E-state index contributed by atoms with van der Waals surface area (Å²) < 4.78 is 41.0. The highest BCUT2D eigenvalue weighted by Gasteiger charge is 2.14. The van der Waals surface area contributed by atoms with E-state index in [4.69, 9.17) is 13.7 Å². The first-order valence-electron chi connectivity index (χ1n) is 5.30. The van der Waals surface area contributed by atoms with Gasteiger partial charge in [0.2, 0.25) is 0 Å². The molecule has 0 radical (unpaired) electrons. The number of halogens is 1. The molecule has 0 fully saturated rings. The summed E-state index contributed by atoms with van der Waals surface area (Å²) >= 11 is 1.90. The van der Waals surface area contributed by atoms with Crippen molar-refractivity contribution in [3.63, 3.8) is 0 Å². The van der Waals surface area contributed by atoms with Gasteiger partial charge in [-0.05, 0) is 28.2 Å². The summed E-state index contributed by atoms with van der Waals surface area (Å²) in [5, 5.41) is 0. The van der Waals surface area contributed by atoms with Crippen LogP contribution in [0.2, 0.25) is 0 Å². The Morgan fingerprint density at radius 3 is 2.47 bits per heavy atom. The maximum atomic E-state index is 11.8. The summed E-state index contributed by atoms with van der Waals surface area (Å²) in [6.45, 7) is 0.382. The summed E-state index contributed by atoms with van der Waals surface area (Å²) in [6, 6.07) is 5.97. The molecule has 0 aliphatic carbocycles. The molecule has 19 heavy (non-hydrogen) atoms. The van der Waals surface area contributed by atoms with Gasteiger partial charge in [0.1, 0.15) is 12.4 Å². The third kappa shape index (κ3) is 5.78. The van der Waals surface area contributed by atoms with Gasteiger partial charge in [-0.3, -0.25) is 4.18 Å². The van der Waals surface area contributed by atoms with E-state index in [9.17, 15) is 8.42 Å². The zero-order valence-electron chi connectivity index (χ0n) is 10.3. The number of hydrogen-bond acceptors (Lipinski definition) is 5. The van der Waals surface area contributed by atoms with E-state index in [1.54, 1.807) is 12.1 Å². The van der Waals surface area contributed by atoms with Crippen LogP contribution in [0.1, 0.15) is 0 Å². The predicted molar refractivity (Wildman–Crippen MR) is 78.7 cm³/mol. The summed E-state index contributed by atoms with van der Waals surface area (Å²) in [4.78, 5) is 0.0837. The van der Waals surface area contributed by atoms with Crippen LogP contribution in [-0.4, -0.2) is 35.3 Å². The van der Waals surface area contributed by atoms with Crippen LogP contribution in [0.15, 0.2) is 29.2 Å². The van der Waals surface area contributed by atoms with Crippen LogP contribution in [0.4, 0.5) is 0 Å². The van der Waals surface area contributed by atoms with Crippen molar-refractivity contribution in [2.45, 2.75) is 4.90 Å². The standard InChI is InChI=1S/C12H13IO5S/c1-16-11-3-5-12(6-4-11)19(14,15)18-10-9-17-8-2-7-13/h3-6H,8-10H2,1H3. The minimum Gasteiger partial charge on any atom is -0.497 e. The molecular formula is C12H13IO5S. The first kappa shape index (κ1) is 16.2. The summed E-state index contributed by atoms with van der Waals surface area (Å²) in [5.41, 5.74) is 0. The average molecular weight is 396 g/mol. The first-order valence-corrected chi connectivity index (χ1v) is 7.78. The molecule has 5 nitrogen and oxygen atoms in total. The summed E-state index contributed by atoms with van der Waals surface area (Å²) in [7, 11) is -2.24. The van der Waals surface area contributed by atoms with Gasteiger partial charge in [-0.1, -0.05) is 5.92 Å². The van der Waals surface area contributed by atoms with Crippen molar-refractivity contribution < 1.29 is 22.1 Å². The van der Waals surface area contributed by atoms with E-state index < -0.39 is 10.1 Å². The third-order valence-electron chi connectivity index (χ3n) is 2.06. The molecule has 104 valence electrons. The SMILES string of the molecule is COc1ccc(S(=O)(=O)OCCOCC#CI)cc1. The van der Waals surface area contributed by atoms with Crippen LogP contribution in [-0.2, 0) is 19.0 Å². The van der Waals surface area contributed by atoms with Gasteiger partial charge in [0.05, 0.1) is 25.2 Å². The average Bonchev–Trinajstić information content (AvgIpc) is 2.43. The number of ether oxygens (including phenoxy) is 2. The second kappa shape index (κ2) is 8.37. The Morgan fingerprint density at radius 1 is 1.21 bits per heavy atom. The molecular weight excluding hydrogens is 383 g/mol. The van der Waals surface area contributed by atoms with Gasteiger partial charge in [-0.15, -0.1) is 0 Å². The molecule has 0 saturated carbocycles. The molecule has 0 aliphatic rings. The molecule has 1 aromatic rings. The molecule has 0 bridgehead atoms.